The molecule has 0 amide bonds. The molecule has 3 radical (unpaired) electrons. The van der Waals surface area contributed by atoms with Crippen LogP contribution in [0.2, 0.25) is 12.6 Å². The van der Waals surface area contributed by atoms with Crippen LogP contribution in [0.15, 0.2) is 66.7 Å². The quantitative estimate of drug-likeness (QED) is 0.564. The van der Waals surface area contributed by atoms with Crippen molar-refractivity contribution < 1.29 is 4.39 Å². The number of halogens is 1. The van der Waals surface area contributed by atoms with Gasteiger partial charge in [0.2, 0.25) is 0 Å². The first kappa shape index (κ1) is 17.1. The molecule has 3 aromatic rings. The lowest BCUT2D eigenvalue weighted by molar-refractivity contribution is 0.615. The number of rotatable bonds is 3. The van der Waals surface area contributed by atoms with Gasteiger partial charge in [0.1, 0.15) is 20.9 Å². The van der Waals surface area contributed by atoms with Gasteiger partial charge in [0, 0.05) is 5.56 Å². The van der Waals surface area contributed by atoms with Crippen molar-refractivity contribution in [3.05, 3.63) is 78.1 Å². The fourth-order valence-electron chi connectivity index (χ4n) is 3.80. The Kier molecular flexibility index (Phi) is 4.97. The molecule has 0 aromatic heterocycles. The number of hydrogen-bond donors (Lipinski definition) is 0. The van der Waals surface area contributed by atoms with Crippen LogP contribution in [0.4, 0.5) is 4.39 Å². The zero-order chi connectivity index (χ0) is 17.9. The molecular weight excluding hydrogens is 317 g/mol. The van der Waals surface area contributed by atoms with Crippen LogP contribution in [-0.4, -0.2) is 15.1 Å². The second-order valence-corrected chi connectivity index (χ2v) is 7.08. The van der Waals surface area contributed by atoms with Gasteiger partial charge in [0.05, 0.1) is 0 Å². The summed E-state index contributed by atoms with van der Waals surface area (Å²) < 4.78 is 14.7. The van der Waals surface area contributed by atoms with Gasteiger partial charge < -0.3 is 0 Å². The lowest BCUT2D eigenvalue weighted by Crippen LogP contribution is -2.08. The highest BCUT2D eigenvalue weighted by molar-refractivity contribution is 6.35. The summed E-state index contributed by atoms with van der Waals surface area (Å²) in [5.41, 5.74) is 5.49. The highest BCUT2D eigenvalue weighted by atomic mass is 19.1. The largest absolute Gasteiger partial charge is 0.206 e. The molecule has 26 heavy (non-hydrogen) atoms. The fraction of sp³-hybridized carbons (Fsp3) is 0.217. The zero-order valence-corrected chi connectivity index (χ0v) is 14.8. The molecule has 1 aliphatic rings. The molecule has 0 bridgehead atoms. The molecule has 4 rings (SSSR count). The third-order valence-corrected chi connectivity index (χ3v) is 5.34. The van der Waals surface area contributed by atoms with Gasteiger partial charge in [-0.15, -0.1) is 0 Å². The Hall–Kier alpha value is -2.28. The second-order valence-electron chi connectivity index (χ2n) is 7.08. The van der Waals surface area contributed by atoms with Crippen molar-refractivity contribution in [2.45, 2.75) is 31.4 Å². The summed E-state index contributed by atoms with van der Waals surface area (Å²) in [5, 5.41) is 0. The molecule has 1 fully saturated rings. The maximum atomic E-state index is 14.7. The standard InChI is InChI=1S/C23H20B2F/c24-21-8-5-19(6-9-21)22-10-7-20(15-23(22)26)17-3-1-16(2-4-17)18-11-13-25-14-12-18/h1-10,15,18H,11-14H2. The molecular formula is C23H20B2F. The Morgan fingerprint density at radius 1 is 0.769 bits per heavy atom. The van der Waals surface area contributed by atoms with Crippen LogP contribution in [-0.2, 0) is 0 Å². The van der Waals surface area contributed by atoms with Gasteiger partial charge >= 0.3 is 0 Å². The Labute approximate surface area is 157 Å². The van der Waals surface area contributed by atoms with Gasteiger partial charge in [0.25, 0.3) is 0 Å². The lowest BCUT2D eigenvalue weighted by atomic mass is 9.60. The summed E-state index contributed by atoms with van der Waals surface area (Å²) in [4.78, 5) is 0. The van der Waals surface area contributed by atoms with E-state index in [1.165, 1.54) is 31.0 Å². The van der Waals surface area contributed by atoms with E-state index in [0.29, 0.717) is 16.9 Å². The maximum Gasteiger partial charge on any atom is 0.131 e. The molecule has 125 valence electrons. The molecule has 0 N–H and O–H groups in total. The van der Waals surface area contributed by atoms with Crippen molar-refractivity contribution in [3.8, 4) is 22.3 Å². The van der Waals surface area contributed by atoms with E-state index in [-0.39, 0.29) is 5.82 Å². The lowest BCUT2D eigenvalue weighted by Gasteiger charge is -2.21. The fourth-order valence-corrected chi connectivity index (χ4v) is 3.80. The summed E-state index contributed by atoms with van der Waals surface area (Å²) in [6, 6.07) is 21.4. The average molecular weight is 337 g/mol. The zero-order valence-electron chi connectivity index (χ0n) is 14.8. The van der Waals surface area contributed by atoms with Crippen LogP contribution in [0.5, 0.6) is 0 Å². The maximum absolute atomic E-state index is 14.7. The van der Waals surface area contributed by atoms with Gasteiger partial charge in [-0.2, -0.15) is 0 Å². The molecule has 1 heterocycles. The monoisotopic (exact) mass is 337 g/mol. The van der Waals surface area contributed by atoms with Crippen molar-refractivity contribution in [1.29, 1.82) is 0 Å². The Balaban J connectivity index is 1.58. The third kappa shape index (κ3) is 3.62. The SMILES string of the molecule is [B]c1ccc(-c2ccc(-c3ccc(C4CC[B]CC4)cc3)cc2F)cc1. The molecule has 1 saturated heterocycles. The first-order chi connectivity index (χ1) is 12.7. The van der Waals surface area contributed by atoms with E-state index in [4.69, 9.17) is 7.85 Å². The van der Waals surface area contributed by atoms with Crippen LogP contribution in [0, 0.1) is 5.82 Å². The Bertz CT molecular complexity index is 879. The van der Waals surface area contributed by atoms with Crippen molar-refractivity contribution in [1.82, 2.24) is 0 Å². The van der Waals surface area contributed by atoms with Gasteiger partial charge in [-0.25, -0.2) is 4.39 Å². The molecule has 0 atom stereocenters. The first-order valence-electron chi connectivity index (χ1n) is 9.28. The highest BCUT2D eigenvalue weighted by Gasteiger charge is 2.16. The van der Waals surface area contributed by atoms with E-state index in [0.717, 1.165) is 16.7 Å². The molecule has 3 heteroatoms. The van der Waals surface area contributed by atoms with Gasteiger partial charge in [-0.1, -0.05) is 91.6 Å². The Morgan fingerprint density at radius 3 is 2.04 bits per heavy atom. The summed E-state index contributed by atoms with van der Waals surface area (Å²) in [6.45, 7) is 0. The van der Waals surface area contributed by atoms with E-state index < -0.39 is 0 Å². The van der Waals surface area contributed by atoms with Crippen LogP contribution >= 0.6 is 0 Å². The molecule has 0 nitrogen and oxygen atoms in total. The summed E-state index contributed by atoms with van der Waals surface area (Å²) in [7, 11) is 8.10. The topological polar surface area (TPSA) is 0 Å². The molecule has 3 aromatic carbocycles. The highest BCUT2D eigenvalue weighted by Crippen LogP contribution is 2.33. The minimum Gasteiger partial charge on any atom is -0.206 e. The van der Waals surface area contributed by atoms with Crippen LogP contribution in [0.25, 0.3) is 22.3 Å². The van der Waals surface area contributed by atoms with E-state index >= 15 is 0 Å². The molecule has 0 unspecified atom stereocenters. The minimum atomic E-state index is -0.209. The van der Waals surface area contributed by atoms with Crippen LogP contribution in [0.1, 0.15) is 24.3 Å². The molecule has 0 spiro atoms. The van der Waals surface area contributed by atoms with Crippen molar-refractivity contribution >= 4 is 20.6 Å². The van der Waals surface area contributed by atoms with E-state index in [2.05, 4.69) is 31.5 Å². The normalized spacial score (nSPS) is 14.8. The van der Waals surface area contributed by atoms with Gasteiger partial charge in [-0.3, -0.25) is 0 Å². The first-order valence-corrected chi connectivity index (χ1v) is 9.28. The van der Waals surface area contributed by atoms with Crippen LogP contribution in [0.3, 0.4) is 0 Å². The second kappa shape index (κ2) is 7.53. The van der Waals surface area contributed by atoms with Crippen molar-refractivity contribution in [3.63, 3.8) is 0 Å². The number of benzene rings is 3. The van der Waals surface area contributed by atoms with Gasteiger partial charge in [-0.05, 0) is 34.2 Å². The molecule has 0 saturated carbocycles. The van der Waals surface area contributed by atoms with E-state index in [9.17, 15) is 4.39 Å². The number of hydrogen-bond acceptors (Lipinski definition) is 0. The summed E-state index contributed by atoms with van der Waals surface area (Å²) in [5.74, 6) is 0.456. The molecule has 1 aliphatic heterocycles. The van der Waals surface area contributed by atoms with Crippen molar-refractivity contribution in [2.24, 2.45) is 0 Å². The average Bonchev–Trinajstić information content (AvgIpc) is 2.70. The smallest absolute Gasteiger partial charge is 0.131 e. The molecule has 0 aliphatic carbocycles. The van der Waals surface area contributed by atoms with E-state index in [1.54, 1.807) is 18.2 Å². The van der Waals surface area contributed by atoms with Gasteiger partial charge in [0.15, 0.2) is 0 Å². The predicted molar refractivity (Wildman–Crippen MR) is 110 cm³/mol. The summed E-state index contributed by atoms with van der Waals surface area (Å²) >= 11 is 0. The Morgan fingerprint density at radius 2 is 1.38 bits per heavy atom. The van der Waals surface area contributed by atoms with Crippen LogP contribution < -0.4 is 5.46 Å². The summed E-state index contributed by atoms with van der Waals surface area (Å²) in [6.07, 6.45) is 4.91. The van der Waals surface area contributed by atoms with Crippen molar-refractivity contribution in [2.75, 3.05) is 0 Å². The van der Waals surface area contributed by atoms with E-state index in [1.807, 2.05) is 24.3 Å². The minimum absolute atomic E-state index is 0.209. The third-order valence-electron chi connectivity index (χ3n) is 5.34. The predicted octanol–water partition coefficient (Wildman–Crippen LogP) is 5.37.